The first kappa shape index (κ1) is 24.5. The Morgan fingerprint density at radius 1 is 1.17 bits per heavy atom. The number of alkyl halides is 1. The summed E-state index contributed by atoms with van der Waals surface area (Å²) < 4.78 is 29.6. The number of amides is 2. The molecule has 0 aliphatic carbocycles. The molecule has 35 heavy (non-hydrogen) atoms. The average molecular weight is 482 g/mol. The number of nitrogens with one attached hydrogen (secondary N) is 2. The molecule has 184 valence electrons. The van der Waals surface area contributed by atoms with Gasteiger partial charge >= 0.3 is 0 Å². The molecule has 0 radical (unpaired) electrons. The minimum absolute atomic E-state index is 0.0135. The number of benzene rings is 2. The summed E-state index contributed by atoms with van der Waals surface area (Å²) in [5, 5.41) is 13.0. The van der Waals surface area contributed by atoms with Crippen molar-refractivity contribution < 1.29 is 18.4 Å². The summed E-state index contributed by atoms with van der Waals surface area (Å²) in [4.78, 5) is 27.8. The van der Waals surface area contributed by atoms with Gasteiger partial charge in [-0.2, -0.15) is 15.4 Å². The molecule has 7 nitrogen and oxygen atoms in total. The molecular formula is C26H29F2N5O2. The van der Waals surface area contributed by atoms with E-state index in [4.69, 9.17) is 0 Å². The van der Waals surface area contributed by atoms with Gasteiger partial charge in [0.05, 0.1) is 30.4 Å². The summed E-state index contributed by atoms with van der Waals surface area (Å²) in [6.45, 7) is 5.41. The molecule has 2 heterocycles. The number of carbonyl (C=O) groups is 2. The molecule has 0 bridgehead atoms. The van der Waals surface area contributed by atoms with Crippen LogP contribution in [0.4, 0.5) is 8.78 Å². The third kappa shape index (κ3) is 5.23. The first-order valence-electron chi connectivity index (χ1n) is 11.7. The highest BCUT2D eigenvalue weighted by atomic mass is 19.1. The molecule has 1 saturated heterocycles. The number of rotatable bonds is 7. The smallest absolute Gasteiger partial charge is 0.243 e. The lowest BCUT2D eigenvalue weighted by Gasteiger charge is -2.29. The first-order valence-corrected chi connectivity index (χ1v) is 11.7. The highest BCUT2D eigenvalue weighted by molar-refractivity contribution is 5.89. The van der Waals surface area contributed by atoms with Crippen molar-refractivity contribution in [2.24, 2.45) is 0 Å². The fourth-order valence-electron chi connectivity index (χ4n) is 4.61. The summed E-state index contributed by atoms with van der Waals surface area (Å²) in [5.41, 5.74) is 2.31. The van der Waals surface area contributed by atoms with E-state index in [1.54, 1.807) is 19.1 Å². The minimum Gasteiger partial charge on any atom is -0.343 e. The third-order valence-corrected chi connectivity index (χ3v) is 6.53. The van der Waals surface area contributed by atoms with E-state index in [1.807, 2.05) is 44.2 Å². The highest BCUT2D eigenvalue weighted by Gasteiger charge is 2.45. The number of likely N-dealkylation sites (tertiary alicyclic amines) is 1. The summed E-state index contributed by atoms with van der Waals surface area (Å²) in [7, 11) is 0. The lowest BCUT2D eigenvalue weighted by atomic mass is 9.94. The van der Waals surface area contributed by atoms with E-state index in [1.165, 1.54) is 17.2 Å². The van der Waals surface area contributed by atoms with Crippen LogP contribution in [0, 0.1) is 5.82 Å². The molecule has 0 spiro atoms. The number of H-pyrrole nitrogens is 1. The van der Waals surface area contributed by atoms with Gasteiger partial charge in [0, 0.05) is 6.42 Å². The van der Waals surface area contributed by atoms with Crippen LogP contribution in [0.1, 0.15) is 61.5 Å². The van der Waals surface area contributed by atoms with Crippen LogP contribution >= 0.6 is 0 Å². The second-order valence-corrected chi connectivity index (χ2v) is 9.24. The number of aromatic nitrogens is 3. The molecule has 1 fully saturated rings. The van der Waals surface area contributed by atoms with Gasteiger partial charge in [-0.05, 0) is 35.6 Å². The predicted octanol–water partition coefficient (Wildman–Crippen LogP) is 3.84. The van der Waals surface area contributed by atoms with Crippen molar-refractivity contribution in [3.8, 4) is 0 Å². The molecule has 4 atom stereocenters. The summed E-state index contributed by atoms with van der Waals surface area (Å²) in [6, 6.07) is 11.7. The molecule has 2 N–H and O–H groups in total. The largest absolute Gasteiger partial charge is 0.343 e. The van der Waals surface area contributed by atoms with Gasteiger partial charge in [0.2, 0.25) is 11.8 Å². The molecule has 1 aromatic heterocycles. The monoisotopic (exact) mass is 481 g/mol. The number of halogens is 2. The maximum atomic E-state index is 14.8. The van der Waals surface area contributed by atoms with E-state index in [0.29, 0.717) is 16.8 Å². The Labute approximate surface area is 202 Å². The van der Waals surface area contributed by atoms with E-state index in [9.17, 15) is 18.4 Å². The topological polar surface area (TPSA) is 91.0 Å². The Morgan fingerprint density at radius 3 is 2.54 bits per heavy atom. The Morgan fingerprint density at radius 2 is 1.91 bits per heavy atom. The number of nitrogens with zero attached hydrogens (tertiary/aromatic N) is 3. The second-order valence-electron chi connectivity index (χ2n) is 9.24. The lowest BCUT2D eigenvalue weighted by Crippen LogP contribution is -2.49. The van der Waals surface area contributed by atoms with Crippen LogP contribution in [0.25, 0.3) is 0 Å². The molecule has 2 amide bonds. The van der Waals surface area contributed by atoms with E-state index in [2.05, 4.69) is 20.7 Å². The van der Waals surface area contributed by atoms with Crippen molar-refractivity contribution in [3.63, 3.8) is 0 Å². The van der Waals surface area contributed by atoms with Gasteiger partial charge < -0.3 is 10.2 Å². The zero-order valence-electron chi connectivity index (χ0n) is 19.9. The van der Waals surface area contributed by atoms with Crippen LogP contribution in [0.5, 0.6) is 0 Å². The number of carbonyl (C=O) groups excluding carboxylic acids is 2. The van der Waals surface area contributed by atoms with E-state index >= 15 is 0 Å². The highest BCUT2D eigenvalue weighted by Crippen LogP contribution is 2.31. The predicted molar refractivity (Wildman–Crippen MR) is 127 cm³/mol. The van der Waals surface area contributed by atoms with E-state index in [0.717, 1.165) is 5.56 Å². The molecule has 1 aliphatic rings. The van der Waals surface area contributed by atoms with Gasteiger partial charge in [-0.15, -0.1) is 0 Å². The van der Waals surface area contributed by atoms with Crippen LogP contribution in [-0.2, 0) is 16.0 Å². The van der Waals surface area contributed by atoms with Gasteiger partial charge in [0.1, 0.15) is 18.0 Å². The Hall–Kier alpha value is -3.62. The van der Waals surface area contributed by atoms with Crippen molar-refractivity contribution in [1.29, 1.82) is 0 Å². The molecule has 0 saturated carbocycles. The molecular weight excluding hydrogens is 452 g/mol. The second kappa shape index (κ2) is 10.3. The zero-order valence-corrected chi connectivity index (χ0v) is 19.9. The Bertz CT molecular complexity index is 1170. The van der Waals surface area contributed by atoms with Crippen molar-refractivity contribution in [2.45, 2.75) is 63.8 Å². The maximum absolute atomic E-state index is 14.8. The molecule has 3 aromatic rings. The summed E-state index contributed by atoms with van der Waals surface area (Å²) >= 11 is 0. The fraction of sp³-hybridized carbons (Fsp3) is 0.385. The van der Waals surface area contributed by atoms with Crippen molar-refractivity contribution in [2.75, 3.05) is 0 Å². The molecule has 9 heteroatoms. The normalized spacial score (nSPS) is 20.7. The van der Waals surface area contributed by atoms with Crippen molar-refractivity contribution in [1.82, 2.24) is 25.6 Å². The maximum Gasteiger partial charge on any atom is 0.243 e. The molecule has 1 aliphatic heterocycles. The Kier molecular flexibility index (Phi) is 7.23. The summed E-state index contributed by atoms with van der Waals surface area (Å²) in [6.07, 6.45) is -0.132. The Balaban J connectivity index is 1.61. The van der Waals surface area contributed by atoms with Gasteiger partial charge in [-0.25, -0.2) is 8.78 Å². The van der Waals surface area contributed by atoms with Crippen LogP contribution in [0.2, 0.25) is 0 Å². The van der Waals surface area contributed by atoms with Gasteiger partial charge in [0.15, 0.2) is 0 Å². The number of hydrogen-bond donors (Lipinski definition) is 2. The molecule has 4 unspecified atom stereocenters. The van der Waals surface area contributed by atoms with Crippen LogP contribution in [0.3, 0.4) is 0 Å². The fourth-order valence-corrected chi connectivity index (χ4v) is 4.61. The lowest BCUT2D eigenvalue weighted by molar-refractivity contribution is -0.140. The van der Waals surface area contributed by atoms with Crippen LogP contribution < -0.4 is 5.32 Å². The molecule has 2 aromatic carbocycles. The van der Waals surface area contributed by atoms with Crippen molar-refractivity contribution in [3.05, 3.63) is 82.9 Å². The average Bonchev–Trinajstić information content (AvgIpc) is 3.45. The van der Waals surface area contributed by atoms with E-state index < -0.39 is 36.1 Å². The zero-order chi connectivity index (χ0) is 25.1. The van der Waals surface area contributed by atoms with E-state index in [-0.39, 0.29) is 24.6 Å². The minimum atomic E-state index is -1.34. The third-order valence-electron chi connectivity index (χ3n) is 6.53. The summed E-state index contributed by atoms with van der Waals surface area (Å²) in [5.74, 6) is -1.24. The SMILES string of the molecule is CC(C)c1ccc(C(NC(=O)C2CC(F)C(C)N2C(=O)Cc2cn[nH]n2)c2ccccc2)cc1F. The standard InChI is InChI=1S/C26H29F2N5O2/c1-15(2)20-10-9-18(11-22(20)28)25(17-7-5-4-6-8-17)30-26(35)23-13-21(27)16(3)33(23)24(34)12-19-14-29-32-31-19/h4-11,14-16,21,23,25H,12-13H2,1-3H3,(H,30,35)(H,29,31,32). The van der Waals surface area contributed by atoms with Gasteiger partial charge in [0.25, 0.3) is 0 Å². The van der Waals surface area contributed by atoms with Crippen LogP contribution in [0.15, 0.2) is 54.7 Å². The first-order chi connectivity index (χ1) is 16.8. The number of aromatic amines is 1. The van der Waals surface area contributed by atoms with Crippen molar-refractivity contribution >= 4 is 11.8 Å². The van der Waals surface area contributed by atoms with Gasteiger partial charge in [-0.3, -0.25) is 9.59 Å². The van der Waals surface area contributed by atoms with Crippen LogP contribution in [-0.4, -0.2) is 50.4 Å². The molecule has 4 rings (SSSR count). The number of hydrogen-bond acceptors (Lipinski definition) is 4. The van der Waals surface area contributed by atoms with Gasteiger partial charge in [-0.1, -0.05) is 56.3 Å². The quantitative estimate of drug-likeness (QED) is 0.537.